The van der Waals surface area contributed by atoms with Crippen LogP contribution >= 0.6 is 0 Å². The number of nitrogens with one attached hydrogen (secondary N) is 2. The number of nitrogens with zero attached hydrogens (tertiary/aromatic N) is 2. The fourth-order valence-corrected chi connectivity index (χ4v) is 4.66. The van der Waals surface area contributed by atoms with E-state index in [0.29, 0.717) is 23.2 Å². The highest BCUT2D eigenvalue weighted by atomic mass is 32.2. The number of hydrogen-bond donors (Lipinski definition) is 2. The number of benzene rings is 2. The Kier molecular flexibility index (Phi) is 7.17. The molecule has 1 amide bonds. The summed E-state index contributed by atoms with van der Waals surface area (Å²) in [5.41, 5.74) is 1.43. The number of pyridine rings is 1. The average Bonchev–Trinajstić information content (AvgIpc) is 3.30. The largest absolute Gasteiger partial charge is 0.496 e. The highest BCUT2D eigenvalue weighted by Gasteiger charge is 2.25. The Bertz CT molecular complexity index is 1610. The van der Waals surface area contributed by atoms with Crippen LogP contribution in [-0.2, 0) is 21.2 Å². The highest BCUT2D eigenvalue weighted by molar-refractivity contribution is 7.92. The summed E-state index contributed by atoms with van der Waals surface area (Å²) in [5.74, 6) is 2.23. The van der Waals surface area contributed by atoms with Gasteiger partial charge in [0, 0.05) is 18.2 Å². The number of carbonyl (C=O) groups excluding carboxylic acids is 1. The number of carbonyl (C=O) groups is 1. The van der Waals surface area contributed by atoms with Gasteiger partial charge in [-0.25, -0.2) is 13.4 Å². The molecule has 11 nitrogen and oxygen atoms in total. The molecule has 2 aromatic carbocycles. The van der Waals surface area contributed by atoms with E-state index < -0.39 is 15.9 Å². The van der Waals surface area contributed by atoms with Crippen molar-refractivity contribution in [3.05, 3.63) is 54.2 Å². The van der Waals surface area contributed by atoms with E-state index in [0.717, 1.165) is 5.56 Å². The van der Waals surface area contributed by atoms with Gasteiger partial charge in [0.2, 0.25) is 5.88 Å². The molecule has 0 aliphatic rings. The van der Waals surface area contributed by atoms with Crippen LogP contribution in [0.2, 0.25) is 0 Å². The average molecular weight is 523 g/mol. The number of anilines is 2. The summed E-state index contributed by atoms with van der Waals surface area (Å²) >= 11 is 0. The Hall–Kier alpha value is -4.76. The third-order valence-electron chi connectivity index (χ3n) is 5.24. The van der Waals surface area contributed by atoms with Crippen molar-refractivity contribution in [1.29, 1.82) is 0 Å². The maximum atomic E-state index is 13.2. The van der Waals surface area contributed by atoms with Crippen molar-refractivity contribution < 1.29 is 31.9 Å². The molecule has 0 aliphatic carbocycles. The summed E-state index contributed by atoms with van der Waals surface area (Å²) in [6, 6.07) is 11.1. The summed E-state index contributed by atoms with van der Waals surface area (Å²) in [5, 5.41) is 6.66. The van der Waals surface area contributed by atoms with Gasteiger partial charge in [-0.05, 0) is 36.1 Å². The Morgan fingerprint density at radius 2 is 1.89 bits per heavy atom. The fraction of sp³-hybridized carbons (Fsp3) is 0.160. The van der Waals surface area contributed by atoms with Crippen LogP contribution in [0.3, 0.4) is 0 Å². The fourth-order valence-electron chi connectivity index (χ4n) is 3.44. The van der Waals surface area contributed by atoms with Crippen LogP contribution in [0, 0.1) is 12.3 Å². The lowest BCUT2D eigenvalue weighted by molar-refractivity contribution is -0.111. The van der Waals surface area contributed by atoms with Crippen LogP contribution in [0.5, 0.6) is 23.1 Å². The molecule has 37 heavy (non-hydrogen) atoms. The Morgan fingerprint density at radius 1 is 1.11 bits per heavy atom. The van der Waals surface area contributed by atoms with Gasteiger partial charge in [-0.3, -0.25) is 9.52 Å². The minimum atomic E-state index is -4.08. The van der Waals surface area contributed by atoms with Crippen molar-refractivity contribution in [3.63, 3.8) is 0 Å². The molecule has 0 saturated carbocycles. The molecular formula is C25H22N4O7S. The van der Waals surface area contributed by atoms with Crippen LogP contribution in [-0.4, -0.2) is 38.7 Å². The quantitative estimate of drug-likeness (QED) is 0.312. The molecule has 190 valence electrons. The third-order valence-corrected chi connectivity index (χ3v) is 6.60. The number of rotatable bonds is 9. The maximum Gasteiger partial charge on any atom is 0.300 e. The van der Waals surface area contributed by atoms with Crippen molar-refractivity contribution in [2.24, 2.45) is 0 Å². The Morgan fingerprint density at radius 3 is 2.54 bits per heavy atom. The molecule has 2 N–H and O–H groups in total. The summed E-state index contributed by atoms with van der Waals surface area (Å²) < 4.78 is 50.8. The molecule has 2 heterocycles. The van der Waals surface area contributed by atoms with E-state index >= 15 is 0 Å². The van der Waals surface area contributed by atoms with E-state index in [2.05, 4.69) is 20.2 Å². The second kappa shape index (κ2) is 10.5. The van der Waals surface area contributed by atoms with Crippen molar-refractivity contribution >= 4 is 38.4 Å². The number of terminal acetylenes is 1. The monoisotopic (exact) mass is 522 g/mol. The molecule has 0 radical (unpaired) electrons. The number of hydrogen-bond acceptors (Lipinski definition) is 9. The standard InChI is InChI=1S/C25H22N4O7S/c1-5-15-7-9-18(33-3)21(11-15)37(31,32)29-25-24-19(34-4)12-17(13-20(24)36-28-25)35-23-10-8-16(14-26-23)27-22(30)6-2/h2,7-14H,5H2,1,3-4H3,(H,27,30)(H,28,29). The molecule has 0 bridgehead atoms. The summed E-state index contributed by atoms with van der Waals surface area (Å²) in [4.78, 5) is 15.4. The number of sulfonamides is 1. The first-order valence-corrected chi connectivity index (χ1v) is 12.3. The van der Waals surface area contributed by atoms with Crippen LogP contribution < -0.4 is 24.2 Å². The number of aryl methyl sites for hydroxylation is 1. The van der Waals surface area contributed by atoms with Crippen LogP contribution in [0.15, 0.2) is 58.1 Å². The first-order valence-electron chi connectivity index (χ1n) is 10.9. The molecule has 4 aromatic rings. The molecule has 0 atom stereocenters. The van der Waals surface area contributed by atoms with E-state index in [-0.39, 0.29) is 33.7 Å². The zero-order valence-corrected chi connectivity index (χ0v) is 20.9. The molecule has 12 heteroatoms. The Labute approximate surface area is 212 Å². The normalized spacial score (nSPS) is 11.0. The van der Waals surface area contributed by atoms with Gasteiger partial charge in [-0.1, -0.05) is 18.1 Å². The summed E-state index contributed by atoms with van der Waals surface area (Å²) in [6.07, 6.45) is 7.06. The lowest BCUT2D eigenvalue weighted by Gasteiger charge is -2.12. The third kappa shape index (κ3) is 5.41. The Balaban J connectivity index is 1.63. The van der Waals surface area contributed by atoms with E-state index in [1.807, 2.05) is 12.8 Å². The van der Waals surface area contributed by atoms with Gasteiger partial charge in [0.25, 0.3) is 15.9 Å². The van der Waals surface area contributed by atoms with Crippen LogP contribution in [0.1, 0.15) is 12.5 Å². The molecular weight excluding hydrogens is 500 g/mol. The van der Waals surface area contributed by atoms with E-state index in [4.69, 9.17) is 25.2 Å². The lowest BCUT2D eigenvalue weighted by Crippen LogP contribution is -2.15. The first kappa shape index (κ1) is 25.3. The number of ether oxygens (including phenoxy) is 3. The maximum absolute atomic E-state index is 13.2. The molecule has 0 fully saturated rings. The van der Waals surface area contributed by atoms with E-state index in [1.165, 1.54) is 38.6 Å². The van der Waals surface area contributed by atoms with Gasteiger partial charge >= 0.3 is 0 Å². The number of fused-ring (bicyclic) bond motifs is 1. The van der Waals surface area contributed by atoms with E-state index in [1.54, 1.807) is 24.3 Å². The first-order chi connectivity index (χ1) is 17.8. The SMILES string of the molecule is C#CC(=O)Nc1ccc(Oc2cc(OC)c3c(NS(=O)(=O)c4cc(CC)ccc4OC)noc3c2)nc1. The second-order valence-electron chi connectivity index (χ2n) is 7.56. The molecule has 2 aromatic heterocycles. The number of aromatic nitrogens is 2. The zero-order chi connectivity index (χ0) is 26.6. The predicted molar refractivity (Wildman–Crippen MR) is 136 cm³/mol. The van der Waals surface area contributed by atoms with Gasteiger partial charge in [-0.2, -0.15) is 0 Å². The zero-order valence-electron chi connectivity index (χ0n) is 20.1. The van der Waals surface area contributed by atoms with Crippen LogP contribution in [0.25, 0.3) is 11.0 Å². The van der Waals surface area contributed by atoms with Gasteiger partial charge in [-0.15, -0.1) is 6.42 Å². The summed E-state index contributed by atoms with van der Waals surface area (Å²) in [6.45, 7) is 1.92. The summed E-state index contributed by atoms with van der Waals surface area (Å²) in [7, 11) is -1.27. The smallest absolute Gasteiger partial charge is 0.300 e. The lowest BCUT2D eigenvalue weighted by atomic mass is 10.2. The minimum absolute atomic E-state index is 0.0302. The van der Waals surface area contributed by atoms with Crippen molar-refractivity contribution in [2.75, 3.05) is 24.3 Å². The van der Waals surface area contributed by atoms with Gasteiger partial charge in [0.1, 0.15) is 27.5 Å². The predicted octanol–water partition coefficient (Wildman–Crippen LogP) is 3.97. The van der Waals surface area contributed by atoms with Gasteiger partial charge in [0.05, 0.1) is 26.1 Å². The van der Waals surface area contributed by atoms with Crippen molar-refractivity contribution in [1.82, 2.24) is 10.1 Å². The highest BCUT2D eigenvalue weighted by Crippen LogP contribution is 2.38. The molecule has 4 rings (SSSR count). The minimum Gasteiger partial charge on any atom is -0.496 e. The molecule has 0 saturated heterocycles. The van der Waals surface area contributed by atoms with Crippen molar-refractivity contribution in [2.45, 2.75) is 18.2 Å². The van der Waals surface area contributed by atoms with Gasteiger partial charge < -0.3 is 24.1 Å². The molecule has 0 aliphatic heterocycles. The van der Waals surface area contributed by atoms with Gasteiger partial charge in [0.15, 0.2) is 11.4 Å². The number of methoxy groups -OCH3 is 2. The van der Waals surface area contributed by atoms with Crippen LogP contribution in [0.4, 0.5) is 11.5 Å². The second-order valence-corrected chi connectivity index (χ2v) is 9.21. The van der Waals surface area contributed by atoms with E-state index in [9.17, 15) is 13.2 Å². The molecule has 0 spiro atoms. The number of amides is 1. The molecule has 0 unspecified atom stereocenters. The van der Waals surface area contributed by atoms with Crippen molar-refractivity contribution in [3.8, 4) is 35.5 Å². The topological polar surface area (TPSA) is 142 Å².